The Labute approximate surface area is 171 Å². The molecule has 0 unspecified atom stereocenters. The Hall–Kier alpha value is -1.62. The Morgan fingerprint density at radius 3 is 2.46 bits per heavy atom. The lowest BCUT2D eigenvalue weighted by molar-refractivity contribution is 0.0788. The molecule has 4 heteroatoms. The van der Waals surface area contributed by atoms with Gasteiger partial charge >= 0.3 is 0 Å². The van der Waals surface area contributed by atoms with Crippen LogP contribution in [-0.2, 0) is 23.2 Å². The van der Waals surface area contributed by atoms with E-state index in [1.54, 1.807) is 7.11 Å². The Balaban J connectivity index is 2.06. The minimum Gasteiger partial charge on any atom is -0.392 e. The topological polar surface area (TPSA) is 37.6 Å². The van der Waals surface area contributed by atoms with E-state index in [0.29, 0.717) is 13.2 Å². The highest BCUT2D eigenvalue weighted by molar-refractivity contribution is 5.28. The van der Waals surface area contributed by atoms with E-state index in [1.165, 1.54) is 16.8 Å². The molecule has 0 spiro atoms. The van der Waals surface area contributed by atoms with Crippen LogP contribution in [0.3, 0.4) is 0 Å². The number of aromatic nitrogens is 1. The van der Waals surface area contributed by atoms with E-state index >= 15 is 0 Å². The maximum Gasteiger partial charge on any atom is 0.0667 e. The number of nitrogens with zero attached hydrogens (tertiary/aromatic N) is 2. The molecule has 1 aromatic heterocycles. The van der Waals surface area contributed by atoms with Crippen LogP contribution >= 0.6 is 0 Å². The number of aliphatic hydroxyl groups excluding tert-OH is 1. The van der Waals surface area contributed by atoms with Crippen LogP contribution in [0, 0.1) is 0 Å². The Morgan fingerprint density at radius 2 is 1.86 bits per heavy atom. The molecule has 1 atom stereocenters. The molecule has 1 aromatic carbocycles. The summed E-state index contributed by atoms with van der Waals surface area (Å²) in [5.41, 5.74) is 4.11. The normalized spacial score (nSPS) is 13.2. The minimum absolute atomic E-state index is 0.179. The fourth-order valence-electron chi connectivity index (χ4n) is 3.46. The van der Waals surface area contributed by atoms with E-state index in [2.05, 4.69) is 79.8 Å². The van der Waals surface area contributed by atoms with Gasteiger partial charge in [0.1, 0.15) is 0 Å². The minimum atomic E-state index is -0.282. The maximum atomic E-state index is 10.3. The lowest BCUT2D eigenvalue weighted by atomic mass is 9.87. The third-order valence-corrected chi connectivity index (χ3v) is 5.18. The number of hydrogen-bond donors (Lipinski definition) is 1. The zero-order chi connectivity index (χ0) is 20.6. The predicted molar refractivity (Wildman–Crippen MR) is 117 cm³/mol. The molecule has 0 saturated heterocycles. The van der Waals surface area contributed by atoms with E-state index in [1.807, 2.05) is 0 Å². The van der Waals surface area contributed by atoms with Crippen LogP contribution in [-0.4, -0.2) is 47.5 Å². The summed E-state index contributed by atoms with van der Waals surface area (Å²) < 4.78 is 7.57. The largest absolute Gasteiger partial charge is 0.392 e. The smallest absolute Gasteiger partial charge is 0.0667 e. The van der Waals surface area contributed by atoms with Crippen LogP contribution in [0.25, 0.3) is 0 Å². The summed E-state index contributed by atoms with van der Waals surface area (Å²) in [7, 11) is 1.73. The molecule has 0 aliphatic heterocycles. The summed E-state index contributed by atoms with van der Waals surface area (Å²) in [4.78, 5) is 2.29. The van der Waals surface area contributed by atoms with Gasteiger partial charge in [0, 0.05) is 45.2 Å². The Bertz CT molecular complexity index is 685. The molecule has 2 rings (SSSR count). The second-order valence-electron chi connectivity index (χ2n) is 8.74. The molecule has 2 aromatic rings. The summed E-state index contributed by atoms with van der Waals surface area (Å²) in [6.07, 6.45) is 3.70. The molecule has 1 heterocycles. The fraction of sp³-hybridized carbons (Fsp3) is 0.583. The highest BCUT2D eigenvalue weighted by Gasteiger charge is 2.15. The van der Waals surface area contributed by atoms with Crippen molar-refractivity contribution < 1.29 is 9.84 Å². The molecule has 0 aliphatic rings. The van der Waals surface area contributed by atoms with Gasteiger partial charge in [-0.15, -0.1) is 0 Å². The monoisotopic (exact) mass is 386 g/mol. The van der Waals surface area contributed by atoms with Gasteiger partial charge < -0.3 is 14.4 Å². The fourth-order valence-corrected chi connectivity index (χ4v) is 3.46. The molecule has 0 saturated carbocycles. The molecule has 0 amide bonds. The van der Waals surface area contributed by atoms with Crippen LogP contribution in [0.1, 0.15) is 57.4 Å². The number of hydrogen-bond acceptors (Lipinski definition) is 3. The number of ether oxygens (including phenoxy) is 1. The van der Waals surface area contributed by atoms with E-state index in [4.69, 9.17) is 4.74 Å². The third-order valence-electron chi connectivity index (χ3n) is 5.18. The second-order valence-corrected chi connectivity index (χ2v) is 8.74. The Kier molecular flexibility index (Phi) is 8.74. The molecule has 4 nitrogen and oxygen atoms in total. The summed E-state index contributed by atoms with van der Waals surface area (Å²) >= 11 is 0. The molecule has 0 fully saturated rings. The molecule has 156 valence electrons. The van der Waals surface area contributed by atoms with Crippen molar-refractivity contribution in [3.05, 3.63) is 59.4 Å². The zero-order valence-electron chi connectivity index (χ0n) is 18.3. The molecule has 1 N–H and O–H groups in total. The Morgan fingerprint density at radius 1 is 1.14 bits per heavy atom. The number of rotatable bonds is 11. The van der Waals surface area contributed by atoms with Gasteiger partial charge in [-0.05, 0) is 35.1 Å². The maximum absolute atomic E-state index is 10.3. The molecule has 28 heavy (non-hydrogen) atoms. The lowest BCUT2D eigenvalue weighted by Crippen LogP contribution is -2.35. The summed E-state index contributed by atoms with van der Waals surface area (Å²) in [5.74, 6) is 0. The standard InChI is InChI=1S/C24H38N2O2/c1-6-8-23(27)19-25(15-16-28-5)18-22-9-7-14-26(22)17-20-10-12-21(13-11-20)24(2,3)4/h7,9-14,23,27H,6,8,15-19H2,1-5H3/t23-/m0/s1. The first-order valence-electron chi connectivity index (χ1n) is 10.5. The highest BCUT2D eigenvalue weighted by atomic mass is 16.5. The third kappa shape index (κ3) is 7.08. The molecule has 0 radical (unpaired) electrons. The van der Waals surface area contributed by atoms with E-state index in [9.17, 15) is 5.11 Å². The van der Waals surface area contributed by atoms with Gasteiger partial charge in [-0.2, -0.15) is 0 Å². The predicted octanol–water partition coefficient (Wildman–Crippen LogP) is 4.44. The van der Waals surface area contributed by atoms with Crippen molar-refractivity contribution in [1.29, 1.82) is 0 Å². The quantitative estimate of drug-likeness (QED) is 0.620. The van der Waals surface area contributed by atoms with Crippen LogP contribution in [0.4, 0.5) is 0 Å². The van der Waals surface area contributed by atoms with Crippen molar-refractivity contribution >= 4 is 0 Å². The van der Waals surface area contributed by atoms with Gasteiger partial charge in [0.2, 0.25) is 0 Å². The highest BCUT2D eigenvalue weighted by Crippen LogP contribution is 2.22. The first-order chi connectivity index (χ1) is 13.3. The average Bonchev–Trinajstić information content (AvgIpc) is 3.06. The van der Waals surface area contributed by atoms with Crippen LogP contribution in [0.2, 0.25) is 0 Å². The SMILES string of the molecule is CCC[C@H](O)CN(CCOC)Cc1cccn1Cc1ccc(C(C)(C)C)cc1. The molecule has 0 bridgehead atoms. The van der Waals surface area contributed by atoms with E-state index in [-0.39, 0.29) is 11.5 Å². The van der Waals surface area contributed by atoms with Crippen LogP contribution < -0.4 is 0 Å². The first kappa shape index (κ1) is 22.7. The number of benzene rings is 1. The summed E-state index contributed by atoms with van der Waals surface area (Å²) in [5, 5.41) is 10.3. The van der Waals surface area contributed by atoms with Gasteiger partial charge in [-0.3, -0.25) is 4.90 Å². The van der Waals surface area contributed by atoms with Crippen LogP contribution in [0.5, 0.6) is 0 Å². The van der Waals surface area contributed by atoms with Gasteiger partial charge in [0.25, 0.3) is 0 Å². The van der Waals surface area contributed by atoms with E-state index in [0.717, 1.165) is 32.5 Å². The first-order valence-corrected chi connectivity index (χ1v) is 10.5. The number of methoxy groups -OCH3 is 1. The van der Waals surface area contributed by atoms with Crippen molar-refractivity contribution in [3.63, 3.8) is 0 Å². The zero-order valence-corrected chi connectivity index (χ0v) is 18.3. The molecular weight excluding hydrogens is 348 g/mol. The van der Waals surface area contributed by atoms with Crippen LogP contribution in [0.15, 0.2) is 42.6 Å². The lowest BCUT2D eigenvalue weighted by Gasteiger charge is -2.25. The molecular formula is C24H38N2O2. The van der Waals surface area contributed by atoms with Gasteiger partial charge in [0.15, 0.2) is 0 Å². The number of aliphatic hydroxyl groups is 1. The van der Waals surface area contributed by atoms with Crippen molar-refractivity contribution in [2.45, 2.75) is 65.1 Å². The van der Waals surface area contributed by atoms with E-state index < -0.39 is 0 Å². The van der Waals surface area contributed by atoms with Gasteiger partial charge in [0.05, 0.1) is 12.7 Å². The second kappa shape index (κ2) is 10.8. The van der Waals surface area contributed by atoms with Gasteiger partial charge in [-0.25, -0.2) is 0 Å². The average molecular weight is 387 g/mol. The van der Waals surface area contributed by atoms with Crippen molar-refractivity contribution in [3.8, 4) is 0 Å². The molecule has 0 aliphatic carbocycles. The summed E-state index contributed by atoms with van der Waals surface area (Å²) in [6, 6.07) is 13.2. The van der Waals surface area contributed by atoms with Crippen molar-refractivity contribution in [1.82, 2.24) is 9.47 Å². The van der Waals surface area contributed by atoms with Crippen molar-refractivity contribution in [2.75, 3.05) is 26.8 Å². The summed E-state index contributed by atoms with van der Waals surface area (Å²) in [6.45, 7) is 12.7. The van der Waals surface area contributed by atoms with Crippen molar-refractivity contribution in [2.24, 2.45) is 0 Å². The van der Waals surface area contributed by atoms with Gasteiger partial charge in [-0.1, -0.05) is 58.4 Å².